The Hall–Kier alpha value is -3.06. The minimum Gasteiger partial charge on any atom is -0.458 e. The van der Waals surface area contributed by atoms with Crippen molar-refractivity contribution in [2.45, 2.75) is 45.8 Å². The molecule has 0 aliphatic carbocycles. The maximum atomic E-state index is 12.9. The van der Waals surface area contributed by atoms with Gasteiger partial charge in [-0.25, -0.2) is 9.97 Å². The third kappa shape index (κ3) is 4.41. The van der Waals surface area contributed by atoms with Gasteiger partial charge in [0.1, 0.15) is 17.3 Å². The van der Waals surface area contributed by atoms with Gasteiger partial charge in [-0.2, -0.15) is 0 Å². The van der Waals surface area contributed by atoms with Gasteiger partial charge in [-0.05, 0) is 30.7 Å². The fraction of sp³-hybridized carbons (Fsp3) is 0.304. The lowest BCUT2D eigenvalue weighted by Crippen LogP contribution is -2.26. The predicted octanol–water partition coefficient (Wildman–Crippen LogP) is 4.48. The predicted molar refractivity (Wildman–Crippen MR) is 119 cm³/mol. The first-order valence-corrected chi connectivity index (χ1v) is 11.0. The van der Waals surface area contributed by atoms with Crippen LogP contribution in [0.15, 0.2) is 53.3 Å². The Morgan fingerprint density at radius 3 is 2.63 bits per heavy atom. The van der Waals surface area contributed by atoms with E-state index in [2.05, 4.69) is 16.9 Å². The largest absolute Gasteiger partial charge is 0.458 e. The molecule has 0 atom stereocenters. The number of aromatic nitrogens is 3. The van der Waals surface area contributed by atoms with Crippen LogP contribution in [0.1, 0.15) is 36.9 Å². The summed E-state index contributed by atoms with van der Waals surface area (Å²) in [6, 6.07) is 15.4. The molecule has 7 heteroatoms. The highest BCUT2D eigenvalue weighted by Crippen LogP contribution is 2.22. The standard InChI is InChI=1S/C23H23N3O3S/c1-2-3-14-26-19-10-6-4-8-16(19)24-18(23(26)28)12-13-22(27)29-15-21-25-17-9-5-7-11-20(17)30-21/h4-11H,2-3,12-15H2,1H3. The zero-order valence-electron chi connectivity index (χ0n) is 16.8. The summed E-state index contributed by atoms with van der Waals surface area (Å²) in [7, 11) is 0. The van der Waals surface area contributed by atoms with Crippen LogP contribution in [0, 0.1) is 0 Å². The molecule has 2 aromatic carbocycles. The first kappa shape index (κ1) is 20.2. The van der Waals surface area contributed by atoms with Crippen molar-refractivity contribution in [2.24, 2.45) is 0 Å². The van der Waals surface area contributed by atoms with Crippen molar-refractivity contribution < 1.29 is 9.53 Å². The molecule has 0 spiro atoms. The lowest BCUT2D eigenvalue weighted by molar-refractivity contribution is -0.144. The number of benzene rings is 2. The summed E-state index contributed by atoms with van der Waals surface area (Å²) in [5.74, 6) is -0.358. The molecule has 0 amide bonds. The smallest absolute Gasteiger partial charge is 0.306 e. The van der Waals surface area contributed by atoms with Crippen LogP contribution in [0.2, 0.25) is 0 Å². The Kier molecular flexibility index (Phi) is 6.18. The van der Waals surface area contributed by atoms with Crippen LogP contribution in [-0.2, 0) is 29.1 Å². The van der Waals surface area contributed by atoms with Gasteiger partial charge in [0, 0.05) is 13.0 Å². The summed E-state index contributed by atoms with van der Waals surface area (Å²) in [5, 5.41) is 0.760. The van der Waals surface area contributed by atoms with Crippen molar-refractivity contribution in [1.82, 2.24) is 14.5 Å². The highest BCUT2D eigenvalue weighted by molar-refractivity contribution is 7.18. The van der Waals surface area contributed by atoms with E-state index in [-0.39, 0.29) is 31.0 Å². The molecule has 4 aromatic rings. The van der Waals surface area contributed by atoms with Crippen LogP contribution in [-0.4, -0.2) is 20.5 Å². The zero-order chi connectivity index (χ0) is 20.9. The topological polar surface area (TPSA) is 74.1 Å². The molecule has 2 aromatic heterocycles. The van der Waals surface area contributed by atoms with E-state index in [0.717, 1.165) is 39.1 Å². The summed E-state index contributed by atoms with van der Waals surface area (Å²) < 4.78 is 8.21. The Labute approximate surface area is 178 Å². The fourth-order valence-corrected chi connectivity index (χ4v) is 4.24. The summed E-state index contributed by atoms with van der Waals surface area (Å²) in [5.41, 5.74) is 2.79. The Bertz CT molecular complexity index is 1210. The highest BCUT2D eigenvalue weighted by Gasteiger charge is 2.14. The maximum absolute atomic E-state index is 12.9. The van der Waals surface area contributed by atoms with Gasteiger partial charge in [0.25, 0.3) is 5.56 Å². The molecule has 2 heterocycles. The number of para-hydroxylation sites is 3. The summed E-state index contributed by atoms with van der Waals surface area (Å²) >= 11 is 1.51. The van der Waals surface area contributed by atoms with Crippen molar-refractivity contribution in [3.05, 3.63) is 69.6 Å². The monoisotopic (exact) mass is 421 g/mol. The number of hydrogen-bond acceptors (Lipinski definition) is 6. The van der Waals surface area contributed by atoms with Crippen molar-refractivity contribution >= 4 is 38.6 Å². The van der Waals surface area contributed by atoms with E-state index in [0.29, 0.717) is 12.2 Å². The quantitative estimate of drug-likeness (QED) is 0.392. The van der Waals surface area contributed by atoms with Gasteiger partial charge in [-0.1, -0.05) is 37.6 Å². The number of thiazole rings is 1. The minimum atomic E-state index is -0.358. The third-order valence-corrected chi connectivity index (χ3v) is 5.93. The molecule has 154 valence electrons. The average Bonchev–Trinajstić information content (AvgIpc) is 3.19. The minimum absolute atomic E-state index is 0.110. The van der Waals surface area contributed by atoms with E-state index < -0.39 is 0 Å². The van der Waals surface area contributed by atoms with Crippen LogP contribution in [0.5, 0.6) is 0 Å². The molecule has 6 nitrogen and oxygen atoms in total. The van der Waals surface area contributed by atoms with Gasteiger partial charge in [0.05, 0.1) is 27.7 Å². The van der Waals surface area contributed by atoms with E-state index in [4.69, 9.17) is 4.74 Å². The van der Waals surface area contributed by atoms with E-state index >= 15 is 0 Å². The molecular formula is C23H23N3O3S. The molecule has 0 saturated heterocycles. The maximum Gasteiger partial charge on any atom is 0.306 e. The Balaban J connectivity index is 1.44. The number of rotatable bonds is 8. The zero-order valence-corrected chi connectivity index (χ0v) is 17.7. The number of fused-ring (bicyclic) bond motifs is 2. The number of unbranched alkanes of at least 4 members (excludes halogenated alkanes) is 1. The number of carbonyl (C=O) groups excluding carboxylic acids is 1. The lowest BCUT2D eigenvalue weighted by atomic mass is 10.2. The molecule has 0 fully saturated rings. The van der Waals surface area contributed by atoms with E-state index in [1.807, 2.05) is 48.5 Å². The molecule has 4 rings (SSSR count). The number of aryl methyl sites for hydroxylation is 2. The average molecular weight is 422 g/mol. The van der Waals surface area contributed by atoms with Gasteiger partial charge in [0.15, 0.2) is 0 Å². The number of nitrogens with zero attached hydrogens (tertiary/aromatic N) is 3. The number of ether oxygens (including phenoxy) is 1. The SMILES string of the molecule is CCCCn1c(=O)c(CCC(=O)OCc2nc3ccccc3s2)nc2ccccc21. The molecule has 0 saturated carbocycles. The van der Waals surface area contributed by atoms with E-state index in [9.17, 15) is 9.59 Å². The molecule has 0 aliphatic heterocycles. The van der Waals surface area contributed by atoms with Crippen LogP contribution < -0.4 is 5.56 Å². The second-order valence-corrected chi connectivity index (χ2v) is 8.21. The number of carbonyl (C=O) groups is 1. The summed E-state index contributed by atoms with van der Waals surface area (Å²) in [6.45, 7) is 2.88. The van der Waals surface area contributed by atoms with Crippen molar-refractivity contribution in [3.63, 3.8) is 0 Å². The van der Waals surface area contributed by atoms with Crippen molar-refractivity contribution in [2.75, 3.05) is 0 Å². The first-order valence-electron chi connectivity index (χ1n) is 10.1. The van der Waals surface area contributed by atoms with Crippen LogP contribution in [0.4, 0.5) is 0 Å². The molecule has 0 radical (unpaired) electrons. The number of esters is 1. The lowest BCUT2D eigenvalue weighted by Gasteiger charge is -2.11. The highest BCUT2D eigenvalue weighted by atomic mass is 32.1. The summed E-state index contributed by atoms with van der Waals surface area (Å²) in [4.78, 5) is 34.2. The van der Waals surface area contributed by atoms with Gasteiger partial charge >= 0.3 is 5.97 Å². The van der Waals surface area contributed by atoms with Gasteiger partial charge in [-0.15, -0.1) is 11.3 Å². The Morgan fingerprint density at radius 2 is 1.83 bits per heavy atom. The van der Waals surface area contributed by atoms with Gasteiger partial charge in [-0.3, -0.25) is 9.59 Å². The third-order valence-electron chi connectivity index (χ3n) is 4.92. The second-order valence-electron chi connectivity index (χ2n) is 7.09. The molecule has 0 unspecified atom stereocenters. The summed E-state index contributed by atoms with van der Waals surface area (Å²) in [6.07, 6.45) is 2.28. The fourth-order valence-electron chi connectivity index (χ4n) is 3.36. The van der Waals surface area contributed by atoms with Crippen LogP contribution in [0.3, 0.4) is 0 Å². The molecule has 30 heavy (non-hydrogen) atoms. The van der Waals surface area contributed by atoms with Gasteiger partial charge < -0.3 is 9.30 Å². The Morgan fingerprint density at radius 1 is 1.07 bits per heavy atom. The molecule has 0 aliphatic rings. The molecule has 0 bridgehead atoms. The van der Waals surface area contributed by atoms with Crippen molar-refractivity contribution in [3.8, 4) is 0 Å². The first-order chi connectivity index (χ1) is 14.7. The normalized spacial score (nSPS) is 11.2. The van der Waals surface area contributed by atoms with Crippen molar-refractivity contribution in [1.29, 1.82) is 0 Å². The van der Waals surface area contributed by atoms with E-state index in [1.54, 1.807) is 4.57 Å². The van der Waals surface area contributed by atoms with Crippen LogP contribution >= 0.6 is 11.3 Å². The van der Waals surface area contributed by atoms with Crippen LogP contribution in [0.25, 0.3) is 21.3 Å². The van der Waals surface area contributed by atoms with E-state index in [1.165, 1.54) is 11.3 Å². The molecule has 0 N–H and O–H groups in total. The second kappa shape index (κ2) is 9.17. The number of hydrogen-bond donors (Lipinski definition) is 0. The van der Waals surface area contributed by atoms with Gasteiger partial charge in [0.2, 0.25) is 0 Å². The molecular weight excluding hydrogens is 398 g/mol.